The van der Waals surface area contributed by atoms with Crippen LogP contribution in [0, 0.1) is 6.92 Å². The molecule has 108 valence electrons. The zero-order chi connectivity index (χ0) is 14.6. The normalized spacial score (nSPS) is 21.7. The van der Waals surface area contributed by atoms with Crippen molar-refractivity contribution in [3.05, 3.63) is 41.1 Å². The number of hydrogen-bond acceptors (Lipinski definition) is 2. The van der Waals surface area contributed by atoms with Gasteiger partial charge >= 0.3 is 0 Å². The monoisotopic (exact) mass is 304 g/mol. The van der Waals surface area contributed by atoms with Crippen LogP contribution in [0.5, 0.6) is 0 Å². The molecule has 0 atom stereocenters. The highest BCUT2D eigenvalue weighted by molar-refractivity contribution is 6.35. The van der Waals surface area contributed by atoms with Gasteiger partial charge in [0.2, 0.25) is 0 Å². The summed E-state index contributed by atoms with van der Waals surface area (Å²) in [5.41, 5.74) is 2.69. The van der Waals surface area contributed by atoms with Crippen LogP contribution in [0.25, 0.3) is 16.6 Å². The predicted molar refractivity (Wildman–Crippen MR) is 79.8 cm³/mol. The van der Waals surface area contributed by atoms with E-state index < -0.39 is 6.17 Å². The average molecular weight is 305 g/mol. The lowest BCUT2D eigenvalue weighted by Crippen LogP contribution is -2.25. The molecule has 2 aromatic heterocycles. The maximum absolute atomic E-state index is 13.2. The highest BCUT2D eigenvalue weighted by Gasteiger charge is 2.33. The lowest BCUT2D eigenvalue weighted by atomic mass is 9.83. The van der Waals surface area contributed by atoms with E-state index in [9.17, 15) is 4.39 Å². The van der Waals surface area contributed by atoms with Crippen LogP contribution in [-0.4, -0.2) is 25.9 Å². The maximum atomic E-state index is 13.2. The Morgan fingerprint density at radius 3 is 2.95 bits per heavy atom. The predicted octanol–water partition coefficient (Wildman–Crippen LogP) is 3.93. The summed E-state index contributed by atoms with van der Waals surface area (Å²) in [7, 11) is 0. The molecule has 0 aliphatic heterocycles. The molecule has 0 unspecified atom stereocenters. The fourth-order valence-electron chi connectivity index (χ4n) is 2.91. The number of rotatable bonds is 2. The largest absolute Gasteiger partial charge is 0.303 e. The summed E-state index contributed by atoms with van der Waals surface area (Å²) in [6, 6.07) is 3.90. The molecule has 1 N–H and O–H groups in total. The van der Waals surface area contributed by atoms with Crippen molar-refractivity contribution in [2.75, 3.05) is 0 Å². The zero-order valence-electron chi connectivity index (χ0n) is 11.5. The van der Waals surface area contributed by atoms with Crippen LogP contribution in [0.4, 0.5) is 4.39 Å². The van der Waals surface area contributed by atoms with Crippen molar-refractivity contribution in [1.29, 1.82) is 0 Å². The molecule has 1 aliphatic carbocycles. The van der Waals surface area contributed by atoms with E-state index in [-0.39, 0.29) is 5.92 Å². The van der Waals surface area contributed by atoms with E-state index in [1.807, 2.05) is 29.8 Å². The van der Waals surface area contributed by atoms with Gasteiger partial charge in [0.15, 0.2) is 0 Å². The standard InChI is InChI=1S/C15H14ClFN4/c1-8-7-21(15(19-8)9-2-11(17)3-9)12-4-10-6-18-20-14(10)13(16)5-12/h4-7,9,11H,2-3H2,1H3,(H,18,20). The van der Waals surface area contributed by atoms with Gasteiger partial charge in [0.1, 0.15) is 12.0 Å². The lowest BCUT2D eigenvalue weighted by molar-refractivity contribution is 0.173. The first kappa shape index (κ1) is 12.8. The number of alkyl halides is 1. The summed E-state index contributed by atoms with van der Waals surface area (Å²) in [6.07, 6.45) is 4.13. The summed E-state index contributed by atoms with van der Waals surface area (Å²) in [5, 5.41) is 8.46. The Hall–Kier alpha value is -1.88. The van der Waals surface area contributed by atoms with E-state index in [2.05, 4.69) is 15.2 Å². The number of aromatic nitrogens is 4. The van der Waals surface area contributed by atoms with Crippen LogP contribution < -0.4 is 0 Å². The molecule has 1 fully saturated rings. The van der Waals surface area contributed by atoms with Gasteiger partial charge in [-0.25, -0.2) is 9.37 Å². The third kappa shape index (κ3) is 2.03. The number of aryl methyl sites for hydroxylation is 1. The molecule has 4 nitrogen and oxygen atoms in total. The summed E-state index contributed by atoms with van der Waals surface area (Å²) in [4.78, 5) is 4.57. The van der Waals surface area contributed by atoms with Crippen molar-refractivity contribution in [3.8, 4) is 5.69 Å². The van der Waals surface area contributed by atoms with Gasteiger partial charge in [0, 0.05) is 23.2 Å². The Morgan fingerprint density at radius 1 is 1.38 bits per heavy atom. The number of hydrogen-bond donors (Lipinski definition) is 1. The van der Waals surface area contributed by atoms with Crippen molar-refractivity contribution in [3.63, 3.8) is 0 Å². The highest BCUT2D eigenvalue weighted by atomic mass is 35.5. The number of benzene rings is 1. The molecule has 1 aliphatic rings. The zero-order valence-corrected chi connectivity index (χ0v) is 12.2. The van der Waals surface area contributed by atoms with Crippen molar-refractivity contribution >= 4 is 22.5 Å². The molecule has 0 saturated heterocycles. The molecule has 0 spiro atoms. The first-order chi connectivity index (χ1) is 10.1. The quantitative estimate of drug-likeness (QED) is 0.780. The fraction of sp³-hybridized carbons (Fsp3) is 0.333. The van der Waals surface area contributed by atoms with Crippen LogP contribution in [0.1, 0.15) is 30.3 Å². The Balaban J connectivity index is 1.84. The van der Waals surface area contributed by atoms with Gasteiger partial charge in [-0.05, 0) is 31.9 Å². The number of imidazole rings is 1. The third-order valence-electron chi connectivity index (χ3n) is 4.06. The van der Waals surface area contributed by atoms with Crippen LogP contribution in [-0.2, 0) is 0 Å². The number of nitrogens with one attached hydrogen (secondary N) is 1. The second kappa shape index (κ2) is 4.56. The summed E-state index contributed by atoms with van der Waals surface area (Å²) in [5.74, 6) is 1.10. The number of nitrogens with zero attached hydrogens (tertiary/aromatic N) is 3. The van der Waals surface area contributed by atoms with E-state index >= 15 is 0 Å². The molecular formula is C15H14ClFN4. The van der Waals surface area contributed by atoms with Gasteiger partial charge in [-0.2, -0.15) is 5.10 Å². The van der Waals surface area contributed by atoms with E-state index in [1.54, 1.807) is 6.20 Å². The number of halogens is 2. The van der Waals surface area contributed by atoms with Crippen molar-refractivity contribution in [2.24, 2.45) is 0 Å². The molecule has 4 rings (SSSR count). The molecule has 1 saturated carbocycles. The SMILES string of the molecule is Cc1cn(-c2cc(Cl)c3[nH]ncc3c2)c(C2CC(F)C2)n1. The van der Waals surface area contributed by atoms with Gasteiger partial charge in [-0.1, -0.05) is 11.6 Å². The van der Waals surface area contributed by atoms with Crippen LogP contribution in [0.2, 0.25) is 5.02 Å². The van der Waals surface area contributed by atoms with E-state index in [0.717, 1.165) is 28.1 Å². The minimum Gasteiger partial charge on any atom is -0.303 e. The molecule has 0 radical (unpaired) electrons. The third-order valence-corrected chi connectivity index (χ3v) is 4.36. The Morgan fingerprint density at radius 2 is 2.19 bits per heavy atom. The second-order valence-electron chi connectivity index (χ2n) is 5.64. The number of fused-ring (bicyclic) bond motifs is 1. The molecule has 6 heteroatoms. The Kier molecular flexibility index (Phi) is 2.79. The number of H-pyrrole nitrogens is 1. The van der Waals surface area contributed by atoms with E-state index in [1.165, 1.54) is 0 Å². The van der Waals surface area contributed by atoms with Crippen molar-refractivity contribution in [2.45, 2.75) is 31.9 Å². The minimum atomic E-state index is -0.694. The topological polar surface area (TPSA) is 46.5 Å². The fourth-order valence-corrected chi connectivity index (χ4v) is 3.17. The van der Waals surface area contributed by atoms with Gasteiger partial charge in [0.05, 0.1) is 22.4 Å². The van der Waals surface area contributed by atoms with Gasteiger partial charge in [-0.3, -0.25) is 5.10 Å². The van der Waals surface area contributed by atoms with Gasteiger partial charge in [-0.15, -0.1) is 0 Å². The van der Waals surface area contributed by atoms with Gasteiger partial charge in [0.25, 0.3) is 0 Å². The summed E-state index contributed by atoms with van der Waals surface area (Å²) >= 11 is 6.30. The minimum absolute atomic E-state index is 0.188. The van der Waals surface area contributed by atoms with Crippen LogP contribution >= 0.6 is 11.6 Å². The molecule has 21 heavy (non-hydrogen) atoms. The second-order valence-corrected chi connectivity index (χ2v) is 6.05. The first-order valence-electron chi connectivity index (χ1n) is 6.95. The highest BCUT2D eigenvalue weighted by Crippen LogP contribution is 2.39. The van der Waals surface area contributed by atoms with Crippen LogP contribution in [0.3, 0.4) is 0 Å². The molecule has 3 aromatic rings. The average Bonchev–Trinajstić information content (AvgIpc) is 3.01. The van der Waals surface area contributed by atoms with Crippen molar-refractivity contribution < 1.29 is 4.39 Å². The molecule has 0 bridgehead atoms. The van der Waals surface area contributed by atoms with Crippen molar-refractivity contribution in [1.82, 2.24) is 19.7 Å². The molecule has 2 heterocycles. The number of aromatic amines is 1. The molecular weight excluding hydrogens is 291 g/mol. The Labute approximate surface area is 125 Å². The van der Waals surface area contributed by atoms with E-state index in [4.69, 9.17) is 11.6 Å². The van der Waals surface area contributed by atoms with Crippen LogP contribution in [0.15, 0.2) is 24.5 Å². The Bertz CT molecular complexity index is 816. The smallest absolute Gasteiger partial charge is 0.116 e. The summed E-state index contributed by atoms with van der Waals surface area (Å²) in [6.45, 7) is 1.95. The maximum Gasteiger partial charge on any atom is 0.116 e. The van der Waals surface area contributed by atoms with Gasteiger partial charge < -0.3 is 4.57 Å². The molecule has 1 aromatic carbocycles. The van der Waals surface area contributed by atoms with E-state index in [0.29, 0.717) is 17.9 Å². The first-order valence-corrected chi connectivity index (χ1v) is 7.32. The summed E-state index contributed by atoms with van der Waals surface area (Å²) < 4.78 is 15.2. The lowest BCUT2D eigenvalue weighted by Gasteiger charge is -2.29. The molecule has 0 amide bonds.